The first-order valence-electron chi connectivity index (χ1n) is 6.28. The Morgan fingerprint density at radius 3 is 2.82 bits per heavy atom. The maximum atomic E-state index is 6.04. The summed E-state index contributed by atoms with van der Waals surface area (Å²) in [4.78, 5) is 4.24. The zero-order chi connectivity index (χ0) is 15.2. The first-order chi connectivity index (χ1) is 10.1. The van der Waals surface area contributed by atoms with E-state index in [1.807, 2.05) is 13.0 Å². The van der Waals surface area contributed by atoms with Gasteiger partial charge in [0.1, 0.15) is 15.8 Å². The third kappa shape index (κ3) is 5.58. The number of anilines is 1. The van der Waals surface area contributed by atoms with Gasteiger partial charge < -0.3 is 15.8 Å². The number of nitrogens with zero attached hydrogens (tertiary/aromatic N) is 3. The van der Waals surface area contributed by atoms with Crippen LogP contribution in [0.15, 0.2) is 23.2 Å². The van der Waals surface area contributed by atoms with Crippen LogP contribution in [0.3, 0.4) is 0 Å². The summed E-state index contributed by atoms with van der Waals surface area (Å²) < 4.78 is 5.09. The van der Waals surface area contributed by atoms with E-state index >= 15 is 0 Å². The van der Waals surface area contributed by atoms with Crippen LogP contribution in [-0.4, -0.2) is 29.8 Å². The topological polar surface area (TPSA) is 85.4 Å². The Morgan fingerprint density at radius 1 is 1.45 bits per heavy atom. The van der Waals surface area contributed by atoms with Crippen LogP contribution in [0.25, 0.3) is 0 Å². The molecule has 2 aromatic rings. The maximum Gasteiger partial charge on any atom is 0.193 e. The summed E-state index contributed by atoms with van der Waals surface area (Å²) in [5, 5.41) is 13.4. The predicted molar refractivity (Wildman–Crippen MR) is 102 cm³/mol. The molecule has 0 aliphatic rings. The third-order valence-electron chi connectivity index (χ3n) is 2.60. The van der Waals surface area contributed by atoms with Gasteiger partial charge in [-0.1, -0.05) is 11.6 Å². The number of aryl methyl sites for hydroxylation is 1. The fraction of sp³-hybridized carbons (Fsp3) is 0.308. The van der Waals surface area contributed by atoms with Crippen LogP contribution in [0.1, 0.15) is 10.0 Å². The van der Waals surface area contributed by atoms with Crippen molar-refractivity contribution >= 4 is 58.6 Å². The van der Waals surface area contributed by atoms with Crippen LogP contribution in [0.2, 0.25) is 5.02 Å². The Morgan fingerprint density at radius 2 is 2.23 bits per heavy atom. The van der Waals surface area contributed by atoms with Crippen LogP contribution in [-0.2, 0) is 6.42 Å². The molecule has 1 heterocycles. The molecule has 0 bridgehead atoms. The Balaban J connectivity index is 0.00000242. The van der Waals surface area contributed by atoms with Crippen LogP contribution in [0.4, 0.5) is 5.69 Å². The number of hydrogen-bond donors (Lipinski definition) is 2. The molecule has 0 spiro atoms. The number of nitrogens with one attached hydrogen (secondary N) is 1. The minimum absolute atomic E-state index is 0. The third-order valence-corrected chi connectivity index (χ3v) is 3.79. The van der Waals surface area contributed by atoms with E-state index in [2.05, 4.69) is 20.5 Å². The van der Waals surface area contributed by atoms with E-state index in [-0.39, 0.29) is 24.0 Å². The molecule has 0 aliphatic heterocycles. The summed E-state index contributed by atoms with van der Waals surface area (Å²) in [6.07, 6.45) is 0.719. The molecule has 6 nitrogen and oxygen atoms in total. The van der Waals surface area contributed by atoms with Crippen molar-refractivity contribution in [3.05, 3.63) is 33.2 Å². The second kappa shape index (κ2) is 9.11. The zero-order valence-electron chi connectivity index (χ0n) is 12.2. The van der Waals surface area contributed by atoms with Crippen LogP contribution in [0.5, 0.6) is 5.75 Å². The molecule has 0 atom stereocenters. The number of hydrogen-bond acceptors (Lipinski definition) is 5. The Labute approximate surface area is 155 Å². The highest BCUT2D eigenvalue weighted by atomic mass is 127. The first kappa shape index (κ1) is 18.9. The van der Waals surface area contributed by atoms with Crippen LogP contribution >= 0.6 is 46.9 Å². The molecule has 0 aliphatic carbocycles. The van der Waals surface area contributed by atoms with Gasteiger partial charge in [-0.15, -0.1) is 45.5 Å². The minimum atomic E-state index is 0. The van der Waals surface area contributed by atoms with Crippen molar-refractivity contribution in [2.75, 3.05) is 19.0 Å². The lowest BCUT2D eigenvalue weighted by Gasteiger charge is -2.08. The summed E-state index contributed by atoms with van der Waals surface area (Å²) in [6.45, 7) is 2.48. The molecule has 0 saturated heterocycles. The lowest BCUT2D eigenvalue weighted by Crippen LogP contribution is -2.23. The van der Waals surface area contributed by atoms with Gasteiger partial charge in [0.2, 0.25) is 0 Å². The number of aromatic nitrogens is 2. The highest BCUT2D eigenvalue weighted by Gasteiger charge is 2.03. The van der Waals surface area contributed by atoms with Crippen molar-refractivity contribution in [3.8, 4) is 5.75 Å². The fourth-order valence-electron chi connectivity index (χ4n) is 1.64. The summed E-state index contributed by atoms with van der Waals surface area (Å²) in [5.41, 5.74) is 6.59. The van der Waals surface area contributed by atoms with Crippen molar-refractivity contribution in [2.24, 2.45) is 10.7 Å². The average Bonchev–Trinajstić information content (AvgIpc) is 2.84. The second-order valence-corrected chi connectivity index (χ2v) is 5.88. The normalized spacial score (nSPS) is 11.0. The largest absolute Gasteiger partial charge is 0.495 e. The molecule has 3 N–H and O–H groups in total. The Bertz CT molecular complexity index is 649. The number of ether oxygens (including phenoxy) is 1. The van der Waals surface area contributed by atoms with Crippen molar-refractivity contribution < 1.29 is 4.74 Å². The van der Waals surface area contributed by atoms with Crippen molar-refractivity contribution in [2.45, 2.75) is 13.3 Å². The van der Waals surface area contributed by atoms with Crippen molar-refractivity contribution in [1.29, 1.82) is 0 Å². The molecule has 0 saturated carbocycles. The average molecular weight is 454 g/mol. The van der Waals surface area contributed by atoms with Gasteiger partial charge >= 0.3 is 0 Å². The molecule has 0 fully saturated rings. The Kier molecular flexibility index (Phi) is 7.83. The van der Waals surface area contributed by atoms with Gasteiger partial charge in [-0.25, -0.2) is 0 Å². The quantitative estimate of drug-likeness (QED) is 0.413. The van der Waals surface area contributed by atoms with Gasteiger partial charge in [-0.05, 0) is 25.1 Å². The highest BCUT2D eigenvalue weighted by molar-refractivity contribution is 14.0. The summed E-state index contributed by atoms with van der Waals surface area (Å²) in [6, 6.07) is 5.32. The smallest absolute Gasteiger partial charge is 0.193 e. The molecule has 22 heavy (non-hydrogen) atoms. The monoisotopic (exact) mass is 453 g/mol. The Hall–Kier alpha value is -1.13. The standard InChI is InChI=1S/C13H16ClN5OS.HI/c1-8-18-19-12(21-8)5-6-16-13(15)17-9-3-4-11(20-2)10(14)7-9;/h3-4,7H,5-6H2,1-2H3,(H3,15,16,17);1H. The van der Waals surface area contributed by atoms with E-state index in [1.54, 1.807) is 30.6 Å². The minimum Gasteiger partial charge on any atom is -0.495 e. The van der Waals surface area contributed by atoms with Gasteiger partial charge in [0.15, 0.2) is 5.96 Å². The number of rotatable bonds is 5. The molecule has 120 valence electrons. The lowest BCUT2D eigenvalue weighted by atomic mass is 10.3. The summed E-state index contributed by atoms with van der Waals surface area (Å²) in [7, 11) is 1.57. The number of benzene rings is 1. The molecule has 2 rings (SSSR count). The number of halogens is 2. The van der Waals surface area contributed by atoms with E-state index in [9.17, 15) is 0 Å². The number of guanidine groups is 1. The van der Waals surface area contributed by atoms with E-state index in [4.69, 9.17) is 22.1 Å². The molecular weight excluding hydrogens is 437 g/mol. The molecule has 0 unspecified atom stereocenters. The van der Waals surface area contributed by atoms with Gasteiger partial charge in [0.05, 0.1) is 12.1 Å². The highest BCUT2D eigenvalue weighted by Crippen LogP contribution is 2.26. The number of aliphatic imine (C=N–C) groups is 1. The molecule has 0 radical (unpaired) electrons. The first-order valence-corrected chi connectivity index (χ1v) is 7.47. The van der Waals surface area contributed by atoms with E-state index in [0.717, 1.165) is 22.1 Å². The molecule has 0 amide bonds. The summed E-state index contributed by atoms with van der Waals surface area (Å²) in [5.74, 6) is 0.946. The van der Waals surface area contributed by atoms with Gasteiger partial charge in [0.25, 0.3) is 0 Å². The zero-order valence-corrected chi connectivity index (χ0v) is 16.1. The van der Waals surface area contributed by atoms with Crippen molar-refractivity contribution in [1.82, 2.24) is 10.2 Å². The predicted octanol–water partition coefficient (Wildman–Crippen LogP) is 3.10. The van der Waals surface area contributed by atoms with E-state index < -0.39 is 0 Å². The van der Waals surface area contributed by atoms with E-state index in [1.165, 1.54) is 0 Å². The van der Waals surface area contributed by atoms with Crippen LogP contribution in [0, 0.1) is 6.92 Å². The summed E-state index contributed by atoms with van der Waals surface area (Å²) >= 11 is 7.61. The van der Waals surface area contributed by atoms with Crippen LogP contribution < -0.4 is 15.8 Å². The van der Waals surface area contributed by atoms with Gasteiger partial charge in [0, 0.05) is 18.7 Å². The number of nitrogens with two attached hydrogens (primary N) is 1. The SMILES string of the molecule is COc1ccc(NC(N)=NCCc2nnc(C)s2)cc1Cl.I. The van der Waals surface area contributed by atoms with Gasteiger partial charge in [-0.2, -0.15) is 0 Å². The maximum absolute atomic E-state index is 6.04. The van der Waals surface area contributed by atoms with E-state index in [0.29, 0.717) is 23.3 Å². The second-order valence-electron chi connectivity index (χ2n) is 4.21. The molecular formula is C13H17ClIN5OS. The van der Waals surface area contributed by atoms with Gasteiger partial charge in [-0.3, -0.25) is 4.99 Å². The lowest BCUT2D eigenvalue weighted by molar-refractivity contribution is 0.415. The molecule has 1 aromatic heterocycles. The molecule has 9 heteroatoms. The fourth-order valence-corrected chi connectivity index (χ4v) is 2.60. The van der Waals surface area contributed by atoms with Crippen molar-refractivity contribution in [3.63, 3.8) is 0 Å². The number of methoxy groups -OCH3 is 1. The molecule has 1 aromatic carbocycles.